The molecule has 3 aromatic rings. The highest BCUT2D eigenvalue weighted by Gasteiger charge is 2.31. The van der Waals surface area contributed by atoms with Crippen molar-refractivity contribution in [3.8, 4) is 5.69 Å². The maximum absolute atomic E-state index is 13.3. The third-order valence-corrected chi connectivity index (χ3v) is 5.34. The molecule has 2 heterocycles. The van der Waals surface area contributed by atoms with Crippen LogP contribution < -0.4 is 10.2 Å². The van der Waals surface area contributed by atoms with Crippen molar-refractivity contribution in [1.29, 1.82) is 0 Å². The first-order valence-corrected chi connectivity index (χ1v) is 9.73. The maximum Gasteiger partial charge on any atom is 0.416 e. The van der Waals surface area contributed by atoms with Crippen LogP contribution in [0.5, 0.6) is 0 Å². The minimum atomic E-state index is -4.37. The van der Waals surface area contributed by atoms with E-state index in [0.29, 0.717) is 25.1 Å². The summed E-state index contributed by atoms with van der Waals surface area (Å²) in [6, 6.07) is 12.1. The van der Waals surface area contributed by atoms with Gasteiger partial charge in [-0.3, -0.25) is 0 Å². The molecule has 0 unspecified atom stereocenters. The van der Waals surface area contributed by atoms with Crippen molar-refractivity contribution in [1.82, 2.24) is 9.88 Å². The molecule has 0 atom stereocenters. The second kappa shape index (κ2) is 8.08. The van der Waals surface area contributed by atoms with Crippen molar-refractivity contribution in [2.24, 2.45) is 0 Å². The number of hydrogen-bond donors (Lipinski definition) is 1. The third kappa shape index (κ3) is 4.11. The van der Waals surface area contributed by atoms with Gasteiger partial charge < -0.3 is 19.5 Å². The van der Waals surface area contributed by atoms with Crippen molar-refractivity contribution in [2.75, 3.05) is 38.3 Å². The number of benzene rings is 2. The number of ether oxygens (including phenoxy) is 1. The second-order valence-corrected chi connectivity index (χ2v) is 7.28. The summed E-state index contributed by atoms with van der Waals surface area (Å²) >= 11 is 0. The first-order valence-electron chi connectivity index (χ1n) is 9.73. The molecule has 0 aliphatic carbocycles. The monoisotopic (exact) mass is 403 g/mol. The van der Waals surface area contributed by atoms with E-state index < -0.39 is 11.7 Å². The van der Waals surface area contributed by atoms with Crippen LogP contribution in [0.15, 0.2) is 48.7 Å². The van der Waals surface area contributed by atoms with E-state index in [4.69, 9.17) is 4.74 Å². The number of alkyl halides is 3. The minimum Gasteiger partial charge on any atom is -0.383 e. The average Bonchev–Trinajstić information content (AvgIpc) is 3.01. The lowest BCUT2D eigenvalue weighted by molar-refractivity contribution is -0.137. The van der Waals surface area contributed by atoms with Crippen LogP contribution in [0, 0.1) is 0 Å². The predicted molar refractivity (Wildman–Crippen MR) is 109 cm³/mol. The molecule has 1 saturated heterocycles. The fourth-order valence-corrected chi connectivity index (χ4v) is 3.64. The van der Waals surface area contributed by atoms with Crippen LogP contribution in [0.25, 0.3) is 16.6 Å². The van der Waals surface area contributed by atoms with E-state index in [1.807, 2.05) is 22.9 Å². The molecule has 4 nitrogen and oxygen atoms in total. The van der Waals surface area contributed by atoms with Gasteiger partial charge in [-0.15, -0.1) is 0 Å². The lowest BCUT2D eigenvalue weighted by atomic mass is 10.1. The van der Waals surface area contributed by atoms with E-state index in [1.165, 1.54) is 12.5 Å². The molecule has 0 bridgehead atoms. The van der Waals surface area contributed by atoms with Gasteiger partial charge in [-0.25, -0.2) is 0 Å². The predicted octanol–water partition coefficient (Wildman–Crippen LogP) is 4.60. The number of nitrogens with zero attached hydrogens (tertiary/aromatic N) is 2. The number of anilines is 1. The maximum atomic E-state index is 13.3. The van der Waals surface area contributed by atoms with Crippen molar-refractivity contribution in [3.05, 3.63) is 59.8 Å². The standard InChI is InChI=1S/C22H24F3N3O/c1-29-11-8-26-14-16-15-28(19-5-2-4-18(13-19)27-9-3-10-27)21-7-6-17(12-20(16)21)22(23,24)25/h2,4-7,12-13,15,26H,3,8-11,14H2,1H3. The molecule has 154 valence electrons. The summed E-state index contributed by atoms with van der Waals surface area (Å²) < 4.78 is 46.8. The van der Waals surface area contributed by atoms with Crippen LogP contribution in [0.4, 0.5) is 18.9 Å². The highest BCUT2D eigenvalue weighted by Crippen LogP contribution is 2.34. The van der Waals surface area contributed by atoms with E-state index in [-0.39, 0.29) is 0 Å². The Bertz CT molecular complexity index is 993. The summed E-state index contributed by atoms with van der Waals surface area (Å²) in [6.45, 7) is 3.73. The van der Waals surface area contributed by atoms with Crippen LogP contribution in [0.2, 0.25) is 0 Å². The van der Waals surface area contributed by atoms with Gasteiger partial charge in [0.25, 0.3) is 0 Å². The molecule has 29 heavy (non-hydrogen) atoms. The molecule has 0 radical (unpaired) electrons. The van der Waals surface area contributed by atoms with Gasteiger partial charge in [0.1, 0.15) is 0 Å². The fourth-order valence-electron chi connectivity index (χ4n) is 3.64. The van der Waals surface area contributed by atoms with Gasteiger partial charge in [0.15, 0.2) is 0 Å². The van der Waals surface area contributed by atoms with Gasteiger partial charge in [0.05, 0.1) is 17.7 Å². The smallest absolute Gasteiger partial charge is 0.383 e. The van der Waals surface area contributed by atoms with Crippen LogP contribution in [0.3, 0.4) is 0 Å². The molecular weight excluding hydrogens is 379 g/mol. The van der Waals surface area contributed by atoms with E-state index in [2.05, 4.69) is 22.3 Å². The highest BCUT2D eigenvalue weighted by atomic mass is 19.4. The lowest BCUT2D eigenvalue weighted by Gasteiger charge is -2.33. The topological polar surface area (TPSA) is 29.4 Å². The molecular formula is C22H24F3N3O. The highest BCUT2D eigenvalue weighted by molar-refractivity contribution is 5.86. The third-order valence-electron chi connectivity index (χ3n) is 5.34. The van der Waals surface area contributed by atoms with Crippen molar-refractivity contribution in [2.45, 2.75) is 19.1 Å². The zero-order chi connectivity index (χ0) is 20.4. The summed E-state index contributed by atoms with van der Waals surface area (Å²) in [6.07, 6.45) is -1.25. The molecule has 0 saturated carbocycles. The molecule has 4 rings (SSSR count). The first-order chi connectivity index (χ1) is 14.0. The van der Waals surface area contributed by atoms with Gasteiger partial charge in [-0.2, -0.15) is 13.2 Å². The first kappa shape index (κ1) is 19.8. The number of aromatic nitrogens is 1. The molecule has 1 aliphatic rings. The number of hydrogen-bond acceptors (Lipinski definition) is 3. The molecule has 1 aliphatic heterocycles. The number of nitrogens with one attached hydrogen (secondary N) is 1. The Labute approximate surface area is 167 Å². The van der Waals surface area contributed by atoms with E-state index in [0.717, 1.165) is 41.6 Å². The minimum absolute atomic E-state index is 0.472. The molecule has 7 heteroatoms. The Morgan fingerprint density at radius 3 is 2.55 bits per heavy atom. The average molecular weight is 403 g/mol. The summed E-state index contributed by atoms with van der Waals surface area (Å²) in [5.74, 6) is 0. The number of halogens is 3. The molecule has 0 amide bonds. The van der Waals surface area contributed by atoms with Crippen LogP contribution >= 0.6 is 0 Å². The largest absolute Gasteiger partial charge is 0.416 e. The van der Waals surface area contributed by atoms with Gasteiger partial charge in [0, 0.05) is 56.2 Å². The Kier molecular flexibility index (Phi) is 5.52. The van der Waals surface area contributed by atoms with Crippen LogP contribution in [-0.4, -0.2) is 37.9 Å². The van der Waals surface area contributed by atoms with E-state index in [1.54, 1.807) is 13.2 Å². The summed E-state index contributed by atoms with van der Waals surface area (Å²) in [4.78, 5) is 2.30. The van der Waals surface area contributed by atoms with Crippen LogP contribution in [-0.2, 0) is 17.5 Å². The molecule has 1 N–H and O–H groups in total. The van der Waals surface area contributed by atoms with E-state index >= 15 is 0 Å². The van der Waals surface area contributed by atoms with Gasteiger partial charge >= 0.3 is 6.18 Å². The number of fused-ring (bicyclic) bond motifs is 1. The number of methoxy groups -OCH3 is 1. The van der Waals surface area contributed by atoms with E-state index in [9.17, 15) is 13.2 Å². The summed E-state index contributed by atoms with van der Waals surface area (Å²) in [5.41, 5.74) is 3.05. The van der Waals surface area contributed by atoms with Crippen molar-refractivity contribution < 1.29 is 17.9 Å². The second-order valence-electron chi connectivity index (χ2n) is 7.28. The summed E-state index contributed by atoms with van der Waals surface area (Å²) in [5, 5.41) is 3.85. The van der Waals surface area contributed by atoms with Crippen molar-refractivity contribution >= 4 is 16.6 Å². The van der Waals surface area contributed by atoms with Gasteiger partial charge in [-0.1, -0.05) is 6.07 Å². The molecule has 1 fully saturated rings. The quantitative estimate of drug-likeness (QED) is 0.585. The molecule has 0 spiro atoms. The zero-order valence-electron chi connectivity index (χ0n) is 16.3. The SMILES string of the molecule is COCCNCc1cn(-c2cccc(N3CCC3)c2)c2ccc(C(F)(F)F)cc12. The Hall–Kier alpha value is -2.51. The molecule has 2 aromatic carbocycles. The Morgan fingerprint density at radius 1 is 1.07 bits per heavy atom. The van der Waals surface area contributed by atoms with Gasteiger partial charge in [-0.05, 0) is 48.4 Å². The number of rotatable bonds is 7. The van der Waals surface area contributed by atoms with Gasteiger partial charge in [0.2, 0.25) is 0 Å². The van der Waals surface area contributed by atoms with Crippen LogP contribution in [0.1, 0.15) is 17.5 Å². The Balaban J connectivity index is 1.75. The normalized spacial score (nSPS) is 14.4. The Morgan fingerprint density at radius 2 is 1.86 bits per heavy atom. The fraction of sp³-hybridized carbons (Fsp3) is 0.364. The summed E-state index contributed by atoms with van der Waals surface area (Å²) in [7, 11) is 1.62. The molecule has 1 aromatic heterocycles. The zero-order valence-corrected chi connectivity index (χ0v) is 16.3. The van der Waals surface area contributed by atoms with Crippen molar-refractivity contribution in [3.63, 3.8) is 0 Å². The lowest BCUT2D eigenvalue weighted by Crippen LogP contribution is -2.36.